The molecule has 20 heavy (non-hydrogen) atoms. The summed E-state index contributed by atoms with van der Waals surface area (Å²) in [5.41, 5.74) is 9.98. The van der Waals surface area contributed by atoms with Crippen molar-refractivity contribution in [2.45, 2.75) is 20.8 Å². The van der Waals surface area contributed by atoms with E-state index in [-0.39, 0.29) is 5.91 Å². The lowest BCUT2D eigenvalue weighted by Crippen LogP contribution is -2.31. The smallest absolute Gasteiger partial charge is 0.258 e. The van der Waals surface area contributed by atoms with Crippen molar-refractivity contribution in [3.63, 3.8) is 0 Å². The van der Waals surface area contributed by atoms with Crippen molar-refractivity contribution in [2.75, 3.05) is 17.2 Å². The van der Waals surface area contributed by atoms with Gasteiger partial charge in [-0.2, -0.15) is 0 Å². The van der Waals surface area contributed by atoms with E-state index in [1.807, 2.05) is 39.0 Å². The van der Waals surface area contributed by atoms with Crippen LogP contribution >= 0.6 is 0 Å². The highest BCUT2D eigenvalue weighted by atomic mass is 16.2. The van der Waals surface area contributed by atoms with E-state index in [9.17, 15) is 4.79 Å². The summed E-state index contributed by atoms with van der Waals surface area (Å²) in [4.78, 5) is 18.4. The molecule has 0 saturated heterocycles. The second-order valence-corrected chi connectivity index (χ2v) is 4.78. The molecule has 0 fully saturated rings. The third kappa shape index (κ3) is 2.64. The lowest BCUT2D eigenvalue weighted by atomic mass is 10.0. The van der Waals surface area contributed by atoms with Gasteiger partial charge < -0.3 is 10.6 Å². The Hall–Kier alpha value is -2.36. The predicted octanol–water partition coefficient (Wildman–Crippen LogP) is 2.95. The average molecular weight is 269 g/mol. The first kappa shape index (κ1) is 14.1. The summed E-state index contributed by atoms with van der Waals surface area (Å²) in [6, 6.07) is 7.36. The number of amides is 1. The number of pyridine rings is 1. The van der Waals surface area contributed by atoms with Gasteiger partial charge in [0.25, 0.3) is 5.91 Å². The van der Waals surface area contributed by atoms with Gasteiger partial charge in [0.1, 0.15) is 0 Å². The summed E-state index contributed by atoms with van der Waals surface area (Å²) in [7, 11) is 0. The summed E-state index contributed by atoms with van der Waals surface area (Å²) in [6.07, 6.45) is 3.36. The van der Waals surface area contributed by atoms with Crippen molar-refractivity contribution in [3.05, 3.63) is 53.3 Å². The van der Waals surface area contributed by atoms with E-state index in [1.54, 1.807) is 23.4 Å². The minimum atomic E-state index is -0.0390. The number of nitrogens with two attached hydrogens (primary N) is 1. The number of nitrogens with zero attached hydrogens (tertiary/aromatic N) is 2. The number of benzene rings is 1. The Morgan fingerprint density at radius 3 is 2.45 bits per heavy atom. The van der Waals surface area contributed by atoms with Crippen LogP contribution in [0.4, 0.5) is 11.4 Å². The summed E-state index contributed by atoms with van der Waals surface area (Å²) in [6.45, 7) is 6.42. The van der Waals surface area contributed by atoms with Crippen LogP contribution in [-0.4, -0.2) is 17.4 Å². The third-order valence-corrected chi connectivity index (χ3v) is 3.38. The molecule has 0 radical (unpaired) electrons. The molecule has 2 rings (SSSR count). The van der Waals surface area contributed by atoms with Crippen LogP contribution in [-0.2, 0) is 0 Å². The lowest BCUT2D eigenvalue weighted by molar-refractivity contribution is 0.0988. The van der Waals surface area contributed by atoms with Gasteiger partial charge in [0, 0.05) is 35.9 Å². The van der Waals surface area contributed by atoms with Crippen LogP contribution in [0.2, 0.25) is 0 Å². The van der Waals surface area contributed by atoms with Crippen LogP contribution in [0.5, 0.6) is 0 Å². The first-order valence-corrected chi connectivity index (χ1v) is 6.63. The zero-order chi connectivity index (χ0) is 14.7. The molecule has 0 atom stereocenters. The quantitative estimate of drug-likeness (QED) is 0.871. The standard InChI is InChI=1S/C16H19N3O/c1-4-19(13-5-7-18-8-6-13)16(20)14-10-15(17)12(3)9-11(14)2/h5-10H,4,17H2,1-3H3. The fourth-order valence-corrected chi connectivity index (χ4v) is 2.21. The summed E-state index contributed by atoms with van der Waals surface area (Å²) >= 11 is 0. The van der Waals surface area contributed by atoms with Gasteiger partial charge in [-0.15, -0.1) is 0 Å². The first-order chi connectivity index (χ1) is 9.54. The molecule has 0 saturated carbocycles. The Morgan fingerprint density at radius 2 is 1.85 bits per heavy atom. The van der Waals surface area contributed by atoms with E-state index < -0.39 is 0 Å². The fraction of sp³-hybridized carbons (Fsp3) is 0.250. The van der Waals surface area contributed by atoms with Crippen molar-refractivity contribution < 1.29 is 4.79 Å². The molecule has 4 nitrogen and oxygen atoms in total. The van der Waals surface area contributed by atoms with Crippen LogP contribution in [0.1, 0.15) is 28.4 Å². The number of carbonyl (C=O) groups is 1. The maximum Gasteiger partial charge on any atom is 0.258 e. The molecule has 1 heterocycles. The SMILES string of the molecule is CCN(C(=O)c1cc(N)c(C)cc1C)c1ccncc1. The lowest BCUT2D eigenvalue weighted by Gasteiger charge is -2.22. The van der Waals surface area contributed by atoms with E-state index in [4.69, 9.17) is 5.73 Å². The maximum absolute atomic E-state index is 12.7. The van der Waals surface area contributed by atoms with Crippen molar-refractivity contribution in [2.24, 2.45) is 0 Å². The number of anilines is 2. The van der Waals surface area contributed by atoms with Gasteiger partial charge in [-0.25, -0.2) is 0 Å². The van der Waals surface area contributed by atoms with Crippen LogP contribution in [0.15, 0.2) is 36.7 Å². The Bertz CT molecular complexity index is 623. The van der Waals surface area contributed by atoms with Crippen molar-refractivity contribution in [1.82, 2.24) is 4.98 Å². The summed E-state index contributed by atoms with van der Waals surface area (Å²) in [5, 5.41) is 0. The van der Waals surface area contributed by atoms with E-state index >= 15 is 0 Å². The van der Waals surface area contributed by atoms with Crippen LogP contribution in [0.25, 0.3) is 0 Å². The van der Waals surface area contributed by atoms with Gasteiger partial charge in [-0.1, -0.05) is 6.07 Å². The molecule has 4 heteroatoms. The summed E-state index contributed by atoms with van der Waals surface area (Å²) in [5.74, 6) is -0.0390. The van der Waals surface area contributed by atoms with E-state index in [0.717, 1.165) is 16.8 Å². The van der Waals surface area contributed by atoms with Gasteiger partial charge in [-0.3, -0.25) is 9.78 Å². The topological polar surface area (TPSA) is 59.2 Å². The molecule has 2 aromatic rings. The summed E-state index contributed by atoms with van der Waals surface area (Å²) < 4.78 is 0. The molecule has 0 aliphatic heterocycles. The van der Waals surface area contributed by atoms with Crippen molar-refractivity contribution >= 4 is 17.3 Å². The van der Waals surface area contributed by atoms with Crippen LogP contribution in [0.3, 0.4) is 0 Å². The second kappa shape index (κ2) is 5.74. The molecular weight excluding hydrogens is 250 g/mol. The molecule has 104 valence electrons. The molecule has 1 aromatic carbocycles. The number of hydrogen-bond acceptors (Lipinski definition) is 3. The molecule has 1 amide bonds. The average Bonchev–Trinajstić information content (AvgIpc) is 2.44. The normalized spacial score (nSPS) is 10.3. The number of aryl methyl sites for hydroxylation is 2. The van der Waals surface area contributed by atoms with E-state index in [2.05, 4.69) is 4.98 Å². The van der Waals surface area contributed by atoms with Crippen molar-refractivity contribution in [1.29, 1.82) is 0 Å². The predicted molar refractivity (Wildman–Crippen MR) is 81.9 cm³/mol. The van der Waals surface area contributed by atoms with Crippen LogP contribution in [0, 0.1) is 13.8 Å². The number of rotatable bonds is 3. The fourth-order valence-electron chi connectivity index (χ4n) is 2.21. The Balaban J connectivity index is 2.42. The van der Waals surface area contributed by atoms with Gasteiger partial charge in [0.05, 0.1) is 0 Å². The largest absolute Gasteiger partial charge is 0.398 e. The molecule has 0 spiro atoms. The Kier molecular flexibility index (Phi) is 4.03. The number of carbonyl (C=O) groups excluding carboxylic acids is 1. The van der Waals surface area contributed by atoms with Gasteiger partial charge in [-0.05, 0) is 50.1 Å². The zero-order valence-corrected chi connectivity index (χ0v) is 12.1. The highest BCUT2D eigenvalue weighted by molar-refractivity contribution is 6.07. The first-order valence-electron chi connectivity index (χ1n) is 6.63. The molecule has 0 aliphatic carbocycles. The zero-order valence-electron chi connectivity index (χ0n) is 12.1. The molecule has 0 aliphatic rings. The highest BCUT2D eigenvalue weighted by Gasteiger charge is 2.18. The Labute approximate surface area is 119 Å². The third-order valence-electron chi connectivity index (χ3n) is 3.38. The monoisotopic (exact) mass is 269 g/mol. The number of nitrogen functional groups attached to an aromatic ring is 1. The maximum atomic E-state index is 12.7. The van der Waals surface area contributed by atoms with Gasteiger partial charge >= 0.3 is 0 Å². The molecule has 0 unspecified atom stereocenters. The number of aromatic nitrogens is 1. The van der Waals surface area contributed by atoms with E-state index in [1.165, 1.54) is 0 Å². The molecule has 0 bridgehead atoms. The minimum absolute atomic E-state index is 0.0390. The van der Waals surface area contributed by atoms with Crippen LogP contribution < -0.4 is 10.6 Å². The van der Waals surface area contributed by atoms with Gasteiger partial charge in [0.2, 0.25) is 0 Å². The van der Waals surface area contributed by atoms with Gasteiger partial charge in [0.15, 0.2) is 0 Å². The second-order valence-electron chi connectivity index (χ2n) is 4.78. The van der Waals surface area contributed by atoms with Crippen molar-refractivity contribution in [3.8, 4) is 0 Å². The van der Waals surface area contributed by atoms with E-state index in [0.29, 0.717) is 17.8 Å². The molecular formula is C16H19N3O. The Morgan fingerprint density at radius 1 is 1.20 bits per heavy atom. The number of hydrogen-bond donors (Lipinski definition) is 1. The molecule has 1 aromatic heterocycles. The molecule has 2 N–H and O–H groups in total. The minimum Gasteiger partial charge on any atom is -0.398 e. The highest BCUT2D eigenvalue weighted by Crippen LogP contribution is 2.22.